The highest BCUT2D eigenvalue weighted by Gasteiger charge is 2.26. The smallest absolute Gasteiger partial charge is 0.243 e. The highest BCUT2D eigenvalue weighted by atomic mass is 19.1. The molecule has 1 amide bonds. The molecule has 2 fully saturated rings. The van der Waals surface area contributed by atoms with Crippen LogP contribution in [0.15, 0.2) is 55.3 Å². The average Bonchev–Trinajstić information content (AvgIpc) is 2.94. The summed E-state index contributed by atoms with van der Waals surface area (Å²) in [5.74, 6) is 0.743. The molecule has 2 aliphatic rings. The SMILES string of the molecule is C=CC(=O)NCCCCN1CCN(c2ccnc(N(CC)[C@@H]3CCCN(c4cccc(F)c4)C3)c2)CC1.[HH]. The molecule has 0 saturated carbocycles. The van der Waals surface area contributed by atoms with Crippen molar-refractivity contribution in [1.82, 2.24) is 15.2 Å². The maximum atomic E-state index is 13.8. The number of amides is 1. The van der Waals surface area contributed by atoms with Crippen molar-refractivity contribution in [2.75, 3.05) is 73.6 Å². The number of unbranched alkanes of at least 4 members (excludes halogenated alkanes) is 1. The third-order valence-electron chi connectivity index (χ3n) is 7.50. The third kappa shape index (κ3) is 7.44. The number of anilines is 3. The van der Waals surface area contributed by atoms with Crippen LogP contribution in [-0.4, -0.2) is 80.7 Å². The van der Waals surface area contributed by atoms with Crippen molar-refractivity contribution in [2.45, 2.75) is 38.6 Å². The highest BCUT2D eigenvalue weighted by molar-refractivity contribution is 5.86. The zero-order chi connectivity index (χ0) is 26.0. The Kier molecular flexibility index (Phi) is 9.77. The van der Waals surface area contributed by atoms with E-state index in [4.69, 9.17) is 4.98 Å². The molecular formula is C29H43FN6O. The first kappa shape index (κ1) is 26.9. The Bertz CT molecular complexity index is 1030. The second-order valence-electron chi connectivity index (χ2n) is 9.91. The van der Waals surface area contributed by atoms with E-state index in [2.05, 4.69) is 50.6 Å². The van der Waals surface area contributed by atoms with E-state index in [1.54, 1.807) is 12.1 Å². The number of piperazine rings is 1. The fourth-order valence-corrected chi connectivity index (χ4v) is 5.46. The largest absolute Gasteiger partial charge is 0.369 e. The summed E-state index contributed by atoms with van der Waals surface area (Å²) >= 11 is 0. The molecule has 8 heteroatoms. The molecule has 1 atom stereocenters. The number of piperidine rings is 1. The number of benzene rings is 1. The van der Waals surface area contributed by atoms with Crippen molar-refractivity contribution < 1.29 is 10.6 Å². The maximum absolute atomic E-state index is 13.8. The van der Waals surface area contributed by atoms with E-state index in [-0.39, 0.29) is 13.2 Å². The van der Waals surface area contributed by atoms with Gasteiger partial charge in [-0.2, -0.15) is 0 Å². The van der Waals surface area contributed by atoms with Gasteiger partial charge in [-0.1, -0.05) is 12.6 Å². The molecule has 0 spiro atoms. The lowest BCUT2D eigenvalue weighted by molar-refractivity contribution is -0.116. The van der Waals surface area contributed by atoms with E-state index in [0.29, 0.717) is 12.6 Å². The first-order valence-electron chi connectivity index (χ1n) is 13.7. The van der Waals surface area contributed by atoms with Gasteiger partial charge in [0.1, 0.15) is 11.6 Å². The van der Waals surface area contributed by atoms with Crippen LogP contribution < -0.4 is 20.0 Å². The zero-order valence-electron chi connectivity index (χ0n) is 22.1. The number of halogens is 1. The molecular weight excluding hydrogens is 467 g/mol. The first-order valence-corrected chi connectivity index (χ1v) is 13.7. The number of carbonyl (C=O) groups is 1. The zero-order valence-corrected chi connectivity index (χ0v) is 22.1. The van der Waals surface area contributed by atoms with Crippen LogP contribution >= 0.6 is 0 Å². The van der Waals surface area contributed by atoms with Crippen molar-refractivity contribution in [3.05, 3.63) is 61.1 Å². The highest BCUT2D eigenvalue weighted by Crippen LogP contribution is 2.28. The van der Waals surface area contributed by atoms with Crippen LogP contribution in [0.3, 0.4) is 0 Å². The Morgan fingerprint density at radius 3 is 2.73 bits per heavy atom. The minimum absolute atomic E-state index is 0. The van der Waals surface area contributed by atoms with Gasteiger partial charge in [-0.3, -0.25) is 9.69 Å². The molecule has 202 valence electrons. The van der Waals surface area contributed by atoms with Crippen LogP contribution in [0.1, 0.15) is 34.0 Å². The number of nitrogens with one attached hydrogen (secondary N) is 1. The minimum Gasteiger partial charge on any atom is -0.369 e. The minimum atomic E-state index is -0.182. The predicted octanol–water partition coefficient (Wildman–Crippen LogP) is 4.17. The van der Waals surface area contributed by atoms with Gasteiger partial charge in [-0.05, 0) is 69.5 Å². The van der Waals surface area contributed by atoms with E-state index in [9.17, 15) is 9.18 Å². The number of carbonyl (C=O) groups excluding carboxylic acids is 1. The Hall–Kier alpha value is -3.13. The van der Waals surface area contributed by atoms with Gasteiger partial charge in [0.25, 0.3) is 0 Å². The Balaban J connectivity index is 0.00000400. The van der Waals surface area contributed by atoms with E-state index in [1.165, 1.54) is 17.8 Å². The number of hydrogen-bond acceptors (Lipinski definition) is 6. The fraction of sp³-hybridized carbons (Fsp3) is 0.517. The van der Waals surface area contributed by atoms with Crippen LogP contribution in [-0.2, 0) is 4.79 Å². The van der Waals surface area contributed by atoms with Gasteiger partial charge in [0.2, 0.25) is 5.91 Å². The fourth-order valence-electron chi connectivity index (χ4n) is 5.46. The van der Waals surface area contributed by atoms with Crippen molar-refractivity contribution in [1.29, 1.82) is 0 Å². The number of hydrogen-bond donors (Lipinski definition) is 1. The summed E-state index contributed by atoms with van der Waals surface area (Å²) in [6, 6.07) is 11.6. The van der Waals surface area contributed by atoms with Crippen LogP contribution in [0.4, 0.5) is 21.6 Å². The molecule has 0 bridgehead atoms. The Morgan fingerprint density at radius 1 is 1.16 bits per heavy atom. The van der Waals surface area contributed by atoms with Crippen molar-refractivity contribution in [3.8, 4) is 0 Å². The molecule has 2 aromatic rings. The second kappa shape index (κ2) is 13.4. The molecule has 1 aromatic heterocycles. The second-order valence-corrected chi connectivity index (χ2v) is 9.91. The molecule has 2 aliphatic heterocycles. The molecule has 37 heavy (non-hydrogen) atoms. The number of likely N-dealkylation sites (N-methyl/N-ethyl adjacent to an activating group) is 1. The van der Waals surface area contributed by atoms with Crippen LogP contribution in [0.25, 0.3) is 0 Å². The molecule has 2 saturated heterocycles. The Labute approximate surface area is 222 Å². The van der Waals surface area contributed by atoms with E-state index in [0.717, 1.165) is 89.5 Å². The van der Waals surface area contributed by atoms with Gasteiger partial charge in [0.05, 0.1) is 0 Å². The van der Waals surface area contributed by atoms with Crippen LogP contribution in [0.2, 0.25) is 0 Å². The van der Waals surface area contributed by atoms with Gasteiger partial charge in [-0.15, -0.1) is 0 Å². The summed E-state index contributed by atoms with van der Waals surface area (Å²) in [6.07, 6.45) is 7.51. The molecule has 0 radical (unpaired) electrons. The number of pyridine rings is 1. The first-order chi connectivity index (χ1) is 18.1. The third-order valence-corrected chi connectivity index (χ3v) is 7.50. The summed E-state index contributed by atoms with van der Waals surface area (Å²) in [4.78, 5) is 25.7. The molecule has 0 unspecified atom stereocenters. The average molecular weight is 511 g/mol. The monoisotopic (exact) mass is 510 g/mol. The van der Waals surface area contributed by atoms with E-state index >= 15 is 0 Å². The summed E-state index contributed by atoms with van der Waals surface area (Å²) < 4.78 is 13.8. The predicted molar refractivity (Wildman–Crippen MR) is 152 cm³/mol. The van der Waals surface area contributed by atoms with Gasteiger partial charge in [0, 0.05) is 83.5 Å². The van der Waals surface area contributed by atoms with Gasteiger partial charge in [0.15, 0.2) is 0 Å². The standard InChI is InChI=1S/C29H41FN6O.H2/c1-3-29(37)32-13-5-6-15-33-17-19-34(20-18-33)26-12-14-31-28(22-26)36(4-2)27-11-8-16-35(23-27)25-10-7-9-24(30)21-25;/h3,7,9-10,12,14,21-22,27H,1,4-6,8,11,13,15-20,23H2,2H3,(H,32,37);1H/t27-;/m1./s1. The van der Waals surface area contributed by atoms with Crippen molar-refractivity contribution >= 4 is 23.1 Å². The van der Waals surface area contributed by atoms with E-state index in [1.807, 2.05) is 12.3 Å². The summed E-state index contributed by atoms with van der Waals surface area (Å²) in [6.45, 7) is 14.2. The maximum Gasteiger partial charge on any atom is 0.243 e. The normalized spacial score (nSPS) is 18.5. The summed E-state index contributed by atoms with van der Waals surface area (Å²) in [5, 5.41) is 2.84. The van der Waals surface area contributed by atoms with Crippen molar-refractivity contribution in [2.24, 2.45) is 0 Å². The topological polar surface area (TPSA) is 55.0 Å². The molecule has 1 aromatic carbocycles. The van der Waals surface area contributed by atoms with Gasteiger partial charge >= 0.3 is 0 Å². The number of nitrogens with zero attached hydrogens (tertiary/aromatic N) is 5. The molecule has 7 nitrogen and oxygen atoms in total. The lowest BCUT2D eigenvalue weighted by Gasteiger charge is -2.41. The number of aromatic nitrogens is 1. The van der Waals surface area contributed by atoms with Crippen LogP contribution in [0, 0.1) is 5.82 Å². The number of rotatable bonds is 11. The Morgan fingerprint density at radius 2 is 1.97 bits per heavy atom. The van der Waals surface area contributed by atoms with Crippen molar-refractivity contribution in [3.63, 3.8) is 0 Å². The molecule has 3 heterocycles. The van der Waals surface area contributed by atoms with Gasteiger partial charge < -0.3 is 20.0 Å². The molecule has 1 N–H and O–H groups in total. The van der Waals surface area contributed by atoms with E-state index < -0.39 is 0 Å². The quantitative estimate of drug-likeness (QED) is 0.362. The molecule has 0 aliphatic carbocycles. The lowest BCUT2D eigenvalue weighted by atomic mass is 10.0. The van der Waals surface area contributed by atoms with Gasteiger partial charge in [-0.25, -0.2) is 9.37 Å². The molecule has 4 rings (SSSR count). The lowest BCUT2D eigenvalue weighted by Crippen LogP contribution is -2.49. The summed E-state index contributed by atoms with van der Waals surface area (Å²) in [5.41, 5.74) is 2.19. The summed E-state index contributed by atoms with van der Waals surface area (Å²) in [7, 11) is 0. The van der Waals surface area contributed by atoms with Crippen LogP contribution in [0.5, 0.6) is 0 Å².